The van der Waals surface area contributed by atoms with Gasteiger partial charge in [0.25, 0.3) is 0 Å². The molecule has 0 aliphatic heterocycles. The molecular formula is C13H19NO2. The second kappa shape index (κ2) is 4.34. The van der Waals surface area contributed by atoms with Gasteiger partial charge < -0.3 is 15.2 Å². The molecule has 1 saturated carbocycles. The van der Waals surface area contributed by atoms with E-state index < -0.39 is 0 Å². The maximum Gasteiger partial charge on any atom is 0.120 e. The van der Waals surface area contributed by atoms with Crippen molar-refractivity contribution in [3.63, 3.8) is 0 Å². The molecule has 3 nitrogen and oxygen atoms in total. The van der Waals surface area contributed by atoms with Crippen molar-refractivity contribution in [1.82, 2.24) is 5.32 Å². The van der Waals surface area contributed by atoms with Gasteiger partial charge >= 0.3 is 0 Å². The fourth-order valence-corrected chi connectivity index (χ4v) is 1.72. The summed E-state index contributed by atoms with van der Waals surface area (Å²) in [6.45, 7) is 3.99. The van der Waals surface area contributed by atoms with Crippen LogP contribution in [-0.2, 0) is 6.54 Å². The van der Waals surface area contributed by atoms with Crippen LogP contribution in [0.15, 0.2) is 18.2 Å². The summed E-state index contributed by atoms with van der Waals surface area (Å²) in [6.07, 6.45) is 2.62. The number of methoxy groups -OCH3 is 1. The number of rotatable bonds is 5. The summed E-state index contributed by atoms with van der Waals surface area (Å²) in [5.74, 6) is 1.11. The zero-order valence-electron chi connectivity index (χ0n) is 9.92. The average molecular weight is 221 g/mol. The molecule has 0 unspecified atom stereocenters. The first kappa shape index (κ1) is 11.3. The van der Waals surface area contributed by atoms with Crippen molar-refractivity contribution >= 4 is 0 Å². The molecule has 0 aromatic heterocycles. The van der Waals surface area contributed by atoms with Crippen LogP contribution in [0.2, 0.25) is 0 Å². The summed E-state index contributed by atoms with van der Waals surface area (Å²) < 4.78 is 5.13. The monoisotopic (exact) mass is 221 g/mol. The number of benzene rings is 1. The zero-order chi connectivity index (χ0) is 11.6. The first-order valence-electron chi connectivity index (χ1n) is 5.70. The van der Waals surface area contributed by atoms with Crippen molar-refractivity contribution in [3.05, 3.63) is 23.8 Å². The Morgan fingerprint density at radius 2 is 2.19 bits per heavy atom. The first-order chi connectivity index (χ1) is 7.63. The molecule has 3 heteroatoms. The third-order valence-corrected chi connectivity index (χ3v) is 3.26. The van der Waals surface area contributed by atoms with Crippen molar-refractivity contribution in [1.29, 1.82) is 0 Å². The van der Waals surface area contributed by atoms with Gasteiger partial charge in [-0.1, -0.05) is 6.92 Å². The van der Waals surface area contributed by atoms with E-state index >= 15 is 0 Å². The molecule has 1 fully saturated rings. The van der Waals surface area contributed by atoms with Gasteiger partial charge in [-0.25, -0.2) is 0 Å². The summed E-state index contributed by atoms with van der Waals surface area (Å²) in [5.41, 5.74) is 1.39. The molecule has 1 aliphatic carbocycles. The van der Waals surface area contributed by atoms with Gasteiger partial charge in [-0.05, 0) is 36.5 Å². The number of nitrogens with one attached hydrogen (secondary N) is 1. The largest absolute Gasteiger partial charge is 0.508 e. The number of ether oxygens (including phenoxy) is 1. The maximum atomic E-state index is 9.68. The van der Waals surface area contributed by atoms with E-state index in [1.54, 1.807) is 19.2 Å². The lowest BCUT2D eigenvalue weighted by Gasteiger charge is -2.11. The van der Waals surface area contributed by atoms with E-state index in [4.69, 9.17) is 4.74 Å². The van der Waals surface area contributed by atoms with E-state index in [2.05, 4.69) is 12.2 Å². The average Bonchev–Trinajstić information content (AvgIpc) is 2.99. The maximum absolute atomic E-state index is 9.68. The molecule has 0 spiro atoms. The quantitative estimate of drug-likeness (QED) is 0.801. The van der Waals surface area contributed by atoms with E-state index in [9.17, 15) is 5.11 Å². The van der Waals surface area contributed by atoms with Crippen LogP contribution in [-0.4, -0.2) is 18.8 Å². The van der Waals surface area contributed by atoms with Gasteiger partial charge in [-0.3, -0.25) is 0 Å². The Morgan fingerprint density at radius 3 is 2.81 bits per heavy atom. The molecular weight excluding hydrogens is 202 g/mol. The fourth-order valence-electron chi connectivity index (χ4n) is 1.72. The lowest BCUT2D eigenvalue weighted by Crippen LogP contribution is -2.21. The van der Waals surface area contributed by atoms with Gasteiger partial charge in [0.1, 0.15) is 11.5 Å². The highest BCUT2D eigenvalue weighted by Crippen LogP contribution is 2.44. The molecule has 0 bridgehead atoms. The van der Waals surface area contributed by atoms with E-state index in [1.165, 1.54) is 12.8 Å². The van der Waals surface area contributed by atoms with Gasteiger partial charge in [0, 0.05) is 18.7 Å². The Bertz CT molecular complexity index is 372. The van der Waals surface area contributed by atoms with Gasteiger partial charge in [0.2, 0.25) is 0 Å². The third kappa shape index (κ3) is 2.67. The molecule has 0 atom stereocenters. The number of phenolic OH excluding ortho intramolecular Hbond substituents is 1. The molecule has 88 valence electrons. The van der Waals surface area contributed by atoms with E-state index in [1.807, 2.05) is 6.07 Å². The van der Waals surface area contributed by atoms with Crippen molar-refractivity contribution in [2.24, 2.45) is 5.41 Å². The predicted octanol–water partition coefficient (Wildman–Crippen LogP) is 2.29. The predicted molar refractivity (Wildman–Crippen MR) is 63.7 cm³/mol. The third-order valence-electron chi connectivity index (χ3n) is 3.26. The van der Waals surface area contributed by atoms with Crippen molar-refractivity contribution in [2.45, 2.75) is 26.3 Å². The smallest absolute Gasteiger partial charge is 0.120 e. The van der Waals surface area contributed by atoms with E-state index in [-0.39, 0.29) is 0 Å². The van der Waals surface area contributed by atoms with Gasteiger partial charge in [0.15, 0.2) is 0 Å². The number of hydrogen-bond acceptors (Lipinski definition) is 3. The highest BCUT2D eigenvalue weighted by molar-refractivity contribution is 5.39. The van der Waals surface area contributed by atoms with Crippen LogP contribution in [0.5, 0.6) is 11.5 Å². The molecule has 1 aromatic rings. The minimum atomic E-state index is 0.328. The SMILES string of the molecule is COc1ccc(O)c(CNCC2(C)CC2)c1. The van der Waals surface area contributed by atoms with Gasteiger partial charge in [0.05, 0.1) is 7.11 Å². The molecule has 1 aromatic carbocycles. The molecule has 16 heavy (non-hydrogen) atoms. The lowest BCUT2D eigenvalue weighted by atomic mass is 10.1. The summed E-state index contributed by atoms with van der Waals surface area (Å²) in [7, 11) is 1.63. The minimum absolute atomic E-state index is 0.328. The summed E-state index contributed by atoms with van der Waals surface area (Å²) >= 11 is 0. The molecule has 2 rings (SSSR count). The van der Waals surface area contributed by atoms with Gasteiger partial charge in [-0.2, -0.15) is 0 Å². The van der Waals surface area contributed by atoms with Crippen LogP contribution in [0, 0.1) is 5.41 Å². The van der Waals surface area contributed by atoms with Crippen LogP contribution in [0.1, 0.15) is 25.3 Å². The van der Waals surface area contributed by atoms with Crippen molar-refractivity contribution < 1.29 is 9.84 Å². The zero-order valence-corrected chi connectivity index (χ0v) is 9.92. The van der Waals surface area contributed by atoms with Crippen LogP contribution in [0.25, 0.3) is 0 Å². The van der Waals surface area contributed by atoms with Crippen LogP contribution in [0.3, 0.4) is 0 Å². The standard InChI is InChI=1S/C13H19NO2/c1-13(5-6-13)9-14-8-10-7-11(16-2)3-4-12(10)15/h3-4,7,14-15H,5-6,8-9H2,1-2H3. The van der Waals surface area contributed by atoms with Crippen molar-refractivity contribution in [3.8, 4) is 11.5 Å². The second-order valence-corrected chi connectivity index (χ2v) is 4.91. The molecule has 0 amide bonds. The number of hydrogen-bond donors (Lipinski definition) is 2. The highest BCUT2D eigenvalue weighted by atomic mass is 16.5. The van der Waals surface area contributed by atoms with Crippen LogP contribution >= 0.6 is 0 Å². The Labute approximate surface area is 96.4 Å². The summed E-state index contributed by atoms with van der Waals surface area (Å²) in [6, 6.07) is 5.31. The second-order valence-electron chi connectivity index (χ2n) is 4.91. The minimum Gasteiger partial charge on any atom is -0.508 e. The van der Waals surface area contributed by atoms with Crippen LogP contribution < -0.4 is 10.1 Å². The van der Waals surface area contributed by atoms with E-state index in [0.29, 0.717) is 17.7 Å². The fraction of sp³-hybridized carbons (Fsp3) is 0.538. The number of phenols is 1. The first-order valence-corrected chi connectivity index (χ1v) is 5.70. The van der Waals surface area contributed by atoms with Crippen molar-refractivity contribution in [2.75, 3.05) is 13.7 Å². The molecule has 2 N–H and O–H groups in total. The van der Waals surface area contributed by atoms with Crippen LogP contribution in [0.4, 0.5) is 0 Å². The molecule has 0 radical (unpaired) electrons. The normalized spacial score (nSPS) is 17.1. The summed E-state index contributed by atoms with van der Waals surface area (Å²) in [4.78, 5) is 0. The Morgan fingerprint density at radius 1 is 1.44 bits per heavy atom. The Kier molecular flexibility index (Phi) is 3.06. The number of aromatic hydroxyl groups is 1. The molecule has 0 saturated heterocycles. The molecule has 1 aliphatic rings. The Hall–Kier alpha value is -1.22. The lowest BCUT2D eigenvalue weighted by molar-refractivity contribution is 0.409. The van der Waals surface area contributed by atoms with Gasteiger partial charge in [-0.15, -0.1) is 0 Å². The highest BCUT2D eigenvalue weighted by Gasteiger charge is 2.36. The topological polar surface area (TPSA) is 41.5 Å². The Balaban J connectivity index is 1.92. The summed E-state index contributed by atoms with van der Waals surface area (Å²) in [5, 5.41) is 13.1. The molecule has 0 heterocycles. The van der Waals surface area contributed by atoms with E-state index in [0.717, 1.165) is 17.9 Å².